The molecule has 130 valence electrons. The molecule has 22 heavy (non-hydrogen) atoms. The highest BCUT2D eigenvalue weighted by Gasteiger charge is 2.53. The molecule has 1 aliphatic heterocycles. The third kappa shape index (κ3) is 4.33. The number of aliphatic hydroxyl groups excluding tert-OH is 4. The second-order valence-electron chi connectivity index (χ2n) is 4.91. The number of nitrogens with one attached hydrogen (secondary N) is 1. The SMILES string of the molecule is CC(=O)N[C@@H]1[C@@H](O)CC(O)(C(=O)O)O[C@H]1C(O)C(O)CO.O. The molecule has 0 saturated carbocycles. The zero-order chi connectivity index (χ0) is 16.4. The van der Waals surface area contributed by atoms with E-state index in [2.05, 4.69) is 5.32 Å². The van der Waals surface area contributed by atoms with Crippen LogP contribution >= 0.6 is 0 Å². The number of ether oxygens (including phenoxy) is 1. The molecule has 9 N–H and O–H groups in total. The molecule has 1 amide bonds. The molecule has 0 spiro atoms. The lowest BCUT2D eigenvalue weighted by Gasteiger charge is -2.44. The summed E-state index contributed by atoms with van der Waals surface area (Å²) in [4.78, 5) is 22.1. The van der Waals surface area contributed by atoms with Crippen LogP contribution in [0, 0.1) is 0 Å². The molecule has 11 heteroatoms. The van der Waals surface area contributed by atoms with Crippen molar-refractivity contribution in [2.45, 2.75) is 49.6 Å². The molecule has 0 radical (unpaired) electrons. The van der Waals surface area contributed by atoms with E-state index < -0.39 is 61.1 Å². The van der Waals surface area contributed by atoms with Gasteiger partial charge in [0.15, 0.2) is 0 Å². The first-order valence-corrected chi connectivity index (χ1v) is 6.18. The van der Waals surface area contributed by atoms with Crippen molar-refractivity contribution < 1.29 is 50.4 Å². The fraction of sp³-hybridized carbons (Fsp3) is 0.818. The van der Waals surface area contributed by atoms with E-state index in [0.29, 0.717) is 0 Å². The van der Waals surface area contributed by atoms with Gasteiger partial charge in [0, 0.05) is 13.3 Å². The molecule has 0 aromatic heterocycles. The van der Waals surface area contributed by atoms with Gasteiger partial charge in [-0.05, 0) is 0 Å². The summed E-state index contributed by atoms with van der Waals surface area (Å²) in [6.45, 7) is 0.256. The summed E-state index contributed by atoms with van der Waals surface area (Å²) in [7, 11) is 0. The third-order valence-electron chi connectivity index (χ3n) is 3.21. The van der Waals surface area contributed by atoms with Crippen molar-refractivity contribution in [3.8, 4) is 0 Å². The van der Waals surface area contributed by atoms with Crippen molar-refractivity contribution >= 4 is 11.9 Å². The Morgan fingerprint density at radius 1 is 1.41 bits per heavy atom. The predicted molar refractivity (Wildman–Crippen MR) is 68.4 cm³/mol. The molecule has 0 aromatic rings. The Labute approximate surface area is 125 Å². The first kappa shape index (κ1) is 20.7. The van der Waals surface area contributed by atoms with E-state index in [0.717, 1.165) is 6.92 Å². The third-order valence-corrected chi connectivity index (χ3v) is 3.21. The molecule has 1 heterocycles. The average Bonchev–Trinajstić information content (AvgIpc) is 2.39. The Bertz CT molecular complexity index is 404. The lowest BCUT2D eigenvalue weighted by Crippen LogP contribution is -2.67. The quantitative estimate of drug-likeness (QED) is 0.258. The van der Waals surface area contributed by atoms with E-state index in [4.69, 9.17) is 14.9 Å². The van der Waals surface area contributed by atoms with Crippen LogP contribution in [0.5, 0.6) is 0 Å². The topological polar surface area (TPSA) is 208 Å². The van der Waals surface area contributed by atoms with Gasteiger partial charge in [0.2, 0.25) is 5.91 Å². The highest BCUT2D eigenvalue weighted by molar-refractivity contribution is 5.76. The van der Waals surface area contributed by atoms with Crippen LogP contribution in [0.3, 0.4) is 0 Å². The molecule has 3 unspecified atom stereocenters. The van der Waals surface area contributed by atoms with Gasteiger partial charge in [0.1, 0.15) is 18.3 Å². The van der Waals surface area contributed by atoms with Crippen molar-refractivity contribution in [1.29, 1.82) is 0 Å². The Kier molecular flexibility index (Phi) is 7.31. The molecular formula is C11H21NO10. The molecule has 1 aliphatic rings. The minimum absolute atomic E-state index is 0. The van der Waals surface area contributed by atoms with Gasteiger partial charge < -0.3 is 46.2 Å². The Morgan fingerprint density at radius 2 is 1.95 bits per heavy atom. The molecule has 1 rings (SSSR count). The van der Waals surface area contributed by atoms with E-state index >= 15 is 0 Å². The highest BCUT2D eigenvalue weighted by atomic mass is 16.7. The summed E-state index contributed by atoms with van der Waals surface area (Å²) in [5, 5.41) is 59.0. The summed E-state index contributed by atoms with van der Waals surface area (Å²) in [6, 6.07) is -1.27. The lowest BCUT2D eigenvalue weighted by molar-refractivity contribution is -0.295. The van der Waals surface area contributed by atoms with E-state index in [1.165, 1.54) is 0 Å². The van der Waals surface area contributed by atoms with Gasteiger partial charge in [0.25, 0.3) is 5.79 Å². The summed E-state index contributed by atoms with van der Waals surface area (Å²) in [6.07, 6.45) is -7.48. The second-order valence-corrected chi connectivity index (χ2v) is 4.91. The number of amides is 1. The van der Waals surface area contributed by atoms with Crippen LogP contribution in [0.15, 0.2) is 0 Å². The normalized spacial score (nSPS) is 34.2. The van der Waals surface area contributed by atoms with Gasteiger partial charge in [-0.1, -0.05) is 0 Å². The Morgan fingerprint density at radius 3 is 2.36 bits per heavy atom. The molecule has 1 saturated heterocycles. The van der Waals surface area contributed by atoms with Gasteiger partial charge in [-0.25, -0.2) is 4.79 Å². The van der Waals surface area contributed by atoms with Crippen molar-refractivity contribution in [1.82, 2.24) is 5.32 Å². The number of aliphatic carboxylic acids is 1. The summed E-state index contributed by atoms with van der Waals surface area (Å²) in [5.74, 6) is -5.17. The first-order chi connectivity index (χ1) is 9.62. The molecule has 1 fully saturated rings. The monoisotopic (exact) mass is 327 g/mol. The van der Waals surface area contributed by atoms with Crippen molar-refractivity contribution in [3.63, 3.8) is 0 Å². The average molecular weight is 327 g/mol. The maximum absolute atomic E-state index is 11.1. The summed E-state index contributed by atoms with van der Waals surface area (Å²) < 4.78 is 4.86. The Balaban J connectivity index is 0.00000441. The number of aliphatic hydroxyl groups is 5. The van der Waals surface area contributed by atoms with E-state index in [1.54, 1.807) is 0 Å². The number of hydrogen-bond donors (Lipinski definition) is 7. The minimum atomic E-state index is -2.78. The van der Waals surface area contributed by atoms with Crippen LogP contribution < -0.4 is 5.32 Å². The van der Waals surface area contributed by atoms with Crippen LogP contribution in [0.4, 0.5) is 0 Å². The van der Waals surface area contributed by atoms with Crippen molar-refractivity contribution in [2.24, 2.45) is 0 Å². The predicted octanol–water partition coefficient (Wildman–Crippen LogP) is -4.70. The van der Waals surface area contributed by atoms with Crippen LogP contribution in [-0.4, -0.2) is 90.8 Å². The van der Waals surface area contributed by atoms with Crippen LogP contribution in [0.25, 0.3) is 0 Å². The standard InChI is InChI=1S/C11H19NO9.H2O/c1-4(14)12-7-5(15)2-11(20,10(18)19)21-9(7)8(17)6(16)3-13;/h5-9,13,15-17,20H,2-3H2,1H3,(H,12,14)(H,18,19);1H2/t5-,6?,7+,8?,9+,11?;/m0./s1. The molecule has 0 aromatic carbocycles. The van der Waals surface area contributed by atoms with Gasteiger partial charge >= 0.3 is 5.97 Å². The van der Waals surface area contributed by atoms with Crippen LogP contribution in [0.1, 0.15) is 13.3 Å². The number of carboxylic acids is 1. The smallest absolute Gasteiger partial charge is 0.364 e. The van der Waals surface area contributed by atoms with Gasteiger partial charge in [-0.15, -0.1) is 0 Å². The fourth-order valence-electron chi connectivity index (χ4n) is 2.14. The van der Waals surface area contributed by atoms with Crippen molar-refractivity contribution in [3.05, 3.63) is 0 Å². The molecular weight excluding hydrogens is 306 g/mol. The van der Waals surface area contributed by atoms with E-state index in [-0.39, 0.29) is 5.48 Å². The zero-order valence-electron chi connectivity index (χ0n) is 11.7. The molecule has 6 atom stereocenters. The van der Waals surface area contributed by atoms with Crippen LogP contribution in [-0.2, 0) is 14.3 Å². The number of rotatable bonds is 5. The van der Waals surface area contributed by atoms with E-state index in [9.17, 15) is 30.0 Å². The van der Waals surface area contributed by atoms with Crippen LogP contribution in [0.2, 0.25) is 0 Å². The zero-order valence-corrected chi connectivity index (χ0v) is 11.7. The van der Waals surface area contributed by atoms with Gasteiger partial charge in [-0.3, -0.25) is 4.79 Å². The molecule has 0 bridgehead atoms. The van der Waals surface area contributed by atoms with Crippen molar-refractivity contribution in [2.75, 3.05) is 6.61 Å². The van der Waals surface area contributed by atoms with Gasteiger partial charge in [-0.2, -0.15) is 0 Å². The maximum atomic E-state index is 11.1. The number of hydrogen-bond acceptors (Lipinski definition) is 8. The second kappa shape index (κ2) is 7.78. The lowest BCUT2D eigenvalue weighted by atomic mass is 9.88. The number of carbonyl (C=O) groups excluding carboxylic acids is 1. The summed E-state index contributed by atoms with van der Waals surface area (Å²) >= 11 is 0. The van der Waals surface area contributed by atoms with E-state index in [1.807, 2.05) is 0 Å². The van der Waals surface area contributed by atoms with Gasteiger partial charge in [0.05, 0.1) is 18.8 Å². The Hall–Kier alpha value is -1.34. The number of carboxylic acid groups (broad SMARTS) is 1. The maximum Gasteiger partial charge on any atom is 0.364 e. The molecule has 11 nitrogen and oxygen atoms in total. The highest BCUT2D eigenvalue weighted by Crippen LogP contribution is 2.30. The number of carbonyl (C=O) groups is 2. The first-order valence-electron chi connectivity index (χ1n) is 6.18. The minimum Gasteiger partial charge on any atom is -0.477 e. The fourth-order valence-corrected chi connectivity index (χ4v) is 2.14. The molecule has 0 aliphatic carbocycles. The summed E-state index contributed by atoms with van der Waals surface area (Å²) in [5.41, 5.74) is 0. The largest absolute Gasteiger partial charge is 0.477 e.